The highest BCUT2D eigenvalue weighted by atomic mass is 31.1. The average Bonchev–Trinajstić information content (AvgIpc) is 2.31. The molecule has 1 atom stereocenters. The maximum Gasteiger partial charge on any atom is 0.123 e. The summed E-state index contributed by atoms with van der Waals surface area (Å²) >= 11 is 0. The zero-order valence-electron chi connectivity index (χ0n) is 8.34. The number of halogens is 1. The van der Waals surface area contributed by atoms with Gasteiger partial charge in [-0.25, -0.2) is 8.91 Å². The quantitative estimate of drug-likeness (QED) is 0.749. The van der Waals surface area contributed by atoms with Gasteiger partial charge in [0.15, 0.2) is 0 Å². The summed E-state index contributed by atoms with van der Waals surface area (Å²) in [7, 11) is 3.20. The average molecular weight is 250 g/mol. The molecule has 2 nitrogen and oxygen atoms in total. The van der Waals surface area contributed by atoms with Gasteiger partial charge >= 0.3 is 0 Å². The molecule has 16 heavy (non-hydrogen) atoms. The van der Waals surface area contributed by atoms with Crippen molar-refractivity contribution in [2.45, 2.75) is 0 Å². The Morgan fingerprint density at radius 3 is 2.62 bits per heavy atom. The van der Waals surface area contributed by atoms with E-state index in [1.807, 2.05) is 12.1 Å². The number of rotatable bonds is 2. The van der Waals surface area contributed by atoms with Crippen LogP contribution in [0.3, 0.4) is 0 Å². The molecule has 0 radical (unpaired) electrons. The fourth-order valence-electron chi connectivity index (χ4n) is 1.33. The van der Waals surface area contributed by atoms with E-state index in [0.717, 1.165) is 24.9 Å². The van der Waals surface area contributed by atoms with Crippen molar-refractivity contribution in [3.8, 4) is 11.3 Å². The zero-order chi connectivity index (χ0) is 11.4. The molecule has 80 valence electrons. The molecule has 0 fully saturated rings. The molecule has 0 bridgehead atoms. The van der Waals surface area contributed by atoms with Crippen molar-refractivity contribution in [1.29, 1.82) is 0 Å². The van der Waals surface area contributed by atoms with Crippen LogP contribution in [0.1, 0.15) is 0 Å². The molecule has 2 rings (SSSR count). The van der Waals surface area contributed by atoms with Gasteiger partial charge in [0, 0.05) is 25.4 Å². The highest BCUT2D eigenvalue weighted by Gasteiger charge is 2.00. The maximum atomic E-state index is 12.8. The largest absolute Gasteiger partial charge is 0.256 e. The molecule has 0 aliphatic rings. The van der Waals surface area contributed by atoms with Crippen molar-refractivity contribution >= 4 is 23.1 Å². The smallest absolute Gasteiger partial charge is 0.123 e. The molecule has 0 spiro atoms. The Balaban J connectivity index is 2.40. The van der Waals surface area contributed by atoms with E-state index in [1.54, 1.807) is 18.3 Å². The van der Waals surface area contributed by atoms with Gasteiger partial charge in [-0.1, -0.05) is 0 Å². The summed E-state index contributed by atoms with van der Waals surface area (Å²) in [6.45, 7) is 0. The molecule has 0 N–H and O–H groups in total. The molecule has 1 heterocycles. The molecule has 1 unspecified atom stereocenters. The summed E-state index contributed by atoms with van der Waals surface area (Å²) in [6, 6.07) is 10.2. The number of benzene rings is 1. The number of nitrogens with zero attached hydrogens (tertiary/aromatic N) is 2. The fourth-order valence-corrected chi connectivity index (χ4v) is 2.17. The normalized spacial score (nSPS) is 10.9. The minimum absolute atomic E-state index is 0.238. The van der Waals surface area contributed by atoms with E-state index in [1.165, 1.54) is 12.1 Å². The fraction of sp³-hybridized carbons (Fsp3) is 0. The topological polar surface area (TPSA) is 25.2 Å². The van der Waals surface area contributed by atoms with E-state index in [2.05, 4.69) is 18.9 Å². The second-order valence-electron chi connectivity index (χ2n) is 3.12. The van der Waals surface area contributed by atoms with Crippen LogP contribution in [-0.4, -0.2) is 4.98 Å². The molecule has 0 amide bonds. The van der Waals surface area contributed by atoms with Gasteiger partial charge in [-0.15, -0.1) is 0 Å². The van der Waals surface area contributed by atoms with Gasteiger partial charge in [0.1, 0.15) is 5.82 Å². The van der Waals surface area contributed by atoms with Crippen molar-refractivity contribution < 1.29 is 4.39 Å². The Bertz CT molecular complexity index is 512. The molecule has 0 aliphatic carbocycles. The summed E-state index contributed by atoms with van der Waals surface area (Å²) in [6.07, 6.45) is 1.73. The SMILES string of the molecule is Fc1ccc(-c2cc(P=NP)ccn2)cc1. The van der Waals surface area contributed by atoms with Crippen LogP contribution < -0.4 is 5.30 Å². The summed E-state index contributed by atoms with van der Waals surface area (Å²) < 4.78 is 16.7. The molecule has 0 saturated carbocycles. The first-order chi connectivity index (χ1) is 7.79. The van der Waals surface area contributed by atoms with Crippen LogP contribution in [-0.2, 0) is 0 Å². The van der Waals surface area contributed by atoms with Crippen LogP contribution in [0.2, 0.25) is 0 Å². The molecular formula is C11H9FN2P2. The molecule has 0 aliphatic heterocycles. The lowest BCUT2D eigenvalue weighted by atomic mass is 10.1. The number of aromatic nitrogens is 1. The van der Waals surface area contributed by atoms with Gasteiger partial charge in [0.25, 0.3) is 0 Å². The van der Waals surface area contributed by atoms with Crippen molar-refractivity contribution in [2.24, 2.45) is 4.52 Å². The highest BCUT2D eigenvalue weighted by molar-refractivity contribution is 7.42. The first-order valence-corrected chi connectivity index (χ1v) is 5.99. The summed E-state index contributed by atoms with van der Waals surface area (Å²) in [5.41, 5.74) is 1.74. The number of hydrogen-bond donors (Lipinski definition) is 0. The third-order valence-electron chi connectivity index (χ3n) is 2.06. The van der Waals surface area contributed by atoms with Gasteiger partial charge in [-0.2, -0.15) is 0 Å². The lowest BCUT2D eigenvalue weighted by molar-refractivity contribution is 0.628. The lowest BCUT2D eigenvalue weighted by Crippen LogP contribution is -1.94. The summed E-state index contributed by atoms with van der Waals surface area (Å²) in [4.78, 5) is 4.25. The van der Waals surface area contributed by atoms with Gasteiger partial charge in [-0.05, 0) is 45.8 Å². The molecule has 1 aromatic heterocycles. The van der Waals surface area contributed by atoms with E-state index in [4.69, 9.17) is 0 Å². The number of pyridine rings is 1. The minimum atomic E-state index is -0.238. The van der Waals surface area contributed by atoms with E-state index in [0.29, 0.717) is 0 Å². The Hall–Kier alpha value is -1.17. The Labute approximate surface area is 97.1 Å². The van der Waals surface area contributed by atoms with Crippen LogP contribution in [0.4, 0.5) is 4.39 Å². The molecule has 0 saturated heterocycles. The van der Waals surface area contributed by atoms with Gasteiger partial charge < -0.3 is 0 Å². The summed E-state index contributed by atoms with van der Waals surface area (Å²) in [5.74, 6) is -0.238. The van der Waals surface area contributed by atoms with E-state index < -0.39 is 0 Å². The first kappa shape index (κ1) is 11.3. The minimum Gasteiger partial charge on any atom is -0.256 e. The Kier molecular flexibility index (Phi) is 3.71. The first-order valence-electron chi connectivity index (χ1n) is 4.62. The lowest BCUT2D eigenvalue weighted by Gasteiger charge is -2.01. The second-order valence-corrected chi connectivity index (χ2v) is 4.76. The predicted molar refractivity (Wildman–Crippen MR) is 68.3 cm³/mol. The van der Waals surface area contributed by atoms with Crippen molar-refractivity contribution in [3.63, 3.8) is 0 Å². The third kappa shape index (κ3) is 2.69. The zero-order valence-corrected chi connectivity index (χ0v) is 10.4. The van der Waals surface area contributed by atoms with Crippen LogP contribution in [0.5, 0.6) is 0 Å². The third-order valence-corrected chi connectivity index (χ3v) is 3.03. The van der Waals surface area contributed by atoms with Crippen LogP contribution in [0.25, 0.3) is 11.3 Å². The number of hydrogen-bond acceptors (Lipinski definition) is 2. The van der Waals surface area contributed by atoms with E-state index in [9.17, 15) is 4.39 Å². The standard InChI is InChI=1S/C11H9FN2P2/c12-9-3-1-8(2-4-9)11-7-10(16-14-15)5-6-13-11/h1-7H,15H2. The van der Waals surface area contributed by atoms with Crippen molar-refractivity contribution in [3.05, 3.63) is 48.4 Å². The molecule has 1 aromatic carbocycles. The van der Waals surface area contributed by atoms with Crippen LogP contribution >= 0.6 is 17.8 Å². The monoisotopic (exact) mass is 250 g/mol. The van der Waals surface area contributed by atoms with Gasteiger partial charge in [0.05, 0.1) is 5.69 Å². The molecule has 5 heteroatoms. The van der Waals surface area contributed by atoms with E-state index >= 15 is 0 Å². The van der Waals surface area contributed by atoms with E-state index in [-0.39, 0.29) is 5.82 Å². The van der Waals surface area contributed by atoms with Gasteiger partial charge in [-0.3, -0.25) is 4.98 Å². The van der Waals surface area contributed by atoms with Crippen molar-refractivity contribution in [1.82, 2.24) is 4.98 Å². The van der Waals surface area contributed by atoms with Gasteiger partial charge in [0.2, 0.25) is 0 Å². The van der Waals surface area contributed by atoms with Crippen molar-refractivity contribution in [2.75, 3.05) is 0 Å². The van der Waals surface area contributed by atoms with Crippen LogP contribution in [0.15, 0.2) is 47.1 Å². The maximum absolute atomic E-state index is 12.8. The second kappa shape index (κ2) is 5.25. The molecular weight excluding hydrogens is 241 g/mol. The van der Waals surface area contributed by atoms with Crippen LogP contribution in [0, 0.1) is 5.82 Å². The predicted octanol–water partition coefficient (Wildman–Crippen LogP) is 3.43. The Morgan fingerprint density at radius 1 is 1.19 bits per heavy atom. The molecule has 2 aromatic rings. The highest BCUT2D eigenvalue weighted by Crippen LogP contribution is 2.17. The summed E-state index contributed by atoms with van der Waals surface area (Å²) in [5, 5.41) is 1.06. The Morgan fingerprint density at radius 2 is 1.94 bits per heavy atom.